The third-order valence-corrected chi connectivity index (χ3v) is 5.81. The van der Waals surface area contributed by atoms with Crippen LogP contribution < -0.4 is 15.4 Å². The van der Waals surface area contributed by atoms with Gasteiger partial charge in [0.2, 0.25) is 0 Å². The lowest BCUT2D eigenvalue weighted by atomic mass is 10.2. The van der Waals surface area contributed by atoms with E-state index in [1.807, 2.05) is 35.0 Å². The average molecular weight is 379 g/mol. The van der Waals surface area contributed by atoms with Crippen molar-refractivity contribution in [2.24, 2.45) is 0 Å². The summed E-state index contributed by atoms with van der Waals surface area (Å²) in [6.07, 6.45) is 0.0547. The average Bonchev–Trinajstić information content (AvgIpc) is 3.40. The number of ether oxygens (including phenoxy) is 1. The van der Waals surface area contributed by atoms with Crippen LogP contribution in [0.1, 0.15) is 6.42 Å². The number of carboxylic acid groups (broad SMARTS) is 1. The normalized spacial score (nSPS) is 20.9. The van der Waals surface area contributed by atoms with E-state index in [9.17, 15) is 9.90 Å². The molecule has 2 aliphatic rings. The van der Waals surface area contributed by atoms with Crippen molar-refractivity contribution in [2.75, 3.05) is 30.8 Å². The third kappa shape index (κ3) is 2.45. The van der Waals surface area contributed by atoms with E-state index >= 15 is 0 Å². The third-order valence-electron chi connectivity index (χ3n) is 5.81. The number of anilines is 2. The van der Waals surface area contributed by atoms with E-state index in [0.29, 0.717) is 12.4 Å². The van der Waals surface area contributed by atoms with Crippen molar-refractivity contribution < 1.29 is 14.6 Å². The second-order valence-corrected chi connectivity index (χ2v) is 7.33. The highest BCUT2D eigenvalue weighted by atomic mass is 16.5. The van der Waals surface area contributed by atoms with Gasteiger partial charge in [-0.05, 0) is 36.8 Å². The van der Waals surface area contributed by atoms with Gasteiger partial charge in [0.05, 0.1) is 24.4 Å². The highest BCUT2D eigenvalue weighted by Crippen LogP contribution is 2.36. The number of hydrogen-bond acceptors (Lipinski definition) is 5. The van der Waals surface area contributed by atoms with Gasteiger partial charge in [0.25, 0.3) is 0 Å². The minimum absolute atomic E-state index is 0.0663. The fourth-order valence-corrected chi connectivity index (χ4v) is 4.46. The molecule has 2 fully saturated rings. The first-order valence-corrected chi connectivity index (χ1v) is 9.24. The number of hydrogen-bond donors (Lipinski definition) is 2. The topological polar surface area (TPSA) is 96.9 Å². The van der Waals surface area contributed by atoms with Crippen LogP contribution in [0.15, 0.2) is 42.5 Å². The molecule has 0 aliphatic carbocycles. The first-order valence-electron chi connectivity index (χ1n) is 9.24. The van der Waals surface area contributed by atoms with Crippen molar-refractivity contribution in [1.82, 2.24) is 14.7 Å². The van der Waals surface area contributed by atoms with Gasteiger partial charge in [-0.25, -0.2) is 9.48 Å². The minimum atomic E-state index is -0.826. The Morgan fingerprint density at radius 3 is 2.71 bits per heavy atom. The van der Waals surface area contributed by atoms with Gasteiger partial charge in [-0.2, -0.15) is 0 Å². The van der Waals surface area contributed by atoms with E-state index in [0.717, 1.165) is 41.0 Å². The minimum Gasteiger partial charge on any atom is -0.497 e. The van der Waals surface area contributed by atoms with E-state index in [4.69, 9.17) is 10.5 Å². The first-order chi connectivity index (χ1) is 13.5. The fourth-order valence-electron chi connectivity index (χ4n) is 4.46. The van der Waals surface area contributed by atoms with Crippen LogP contribution in [0, 0.1) is 0 Å². The van der Waals surface area contributed by atoms with E-state index < -0.39 is 6.09 Å². The van der Waals surface area contributed by atoms with E-state index in [1.54, 1.807) is 12.0 Å². The molecule has 0 saturated carbocycles. The number of amides is 1. The van der Waals surface area contributed by atoms with Gasteiger partial charge in [0.15, 0.2) is 5.82 Å². The number of nitrogen functional groups attached to an aromatic ring is 1. The summed E-state index contributed by atoms with van der Waals surface area (Å²) in [6, 6.07) is 14.1. The number of carbonyl (C=O) groups is 1. The Kier molecular flexibility index (Phi) is 3.61. The molecule has 144 valence electrons. The van der Waals surface area contributed by atoms with Gasteiger partial charge in [-0.3, -0.25) is 0 Å². The molecule has 2 atom stereocenters. The number of nitrogens with zero attached hydrogens (tertiary/aromatic N) is 4. The zero-order valence-electron chi connectivity index (χ0n) is 15.4. The van der Waals surface area contributed by atoms with Gasteiger partial charge in [-0.1, -0.05) is 6.07 Å². The van der Waals surface area contributed by atoms with Crippen LogP contribution in [0.3, 0.4) is 0 Å². The molecule has 3 N–H and O–H groups in total. The second-order valence-electron chi connectivity index (χ2n) is 7.33. The van der Waals surface area contributed by atoms with Crippen molar-refractivity contribution in [3.05, 3.63) is 42.5 Å². The molecule has 1 amide bonds. The van der Waals surface area contributed by atoms with E-state index in [1.165, 1.54) is 0 Å². The summed E-state index contributed by atoms with van der Waals surface area (Å²) in [5.74, 6) is 1.22. The zero-order valence-corrected chi connectivity index (χ0v) is 15.4. The van der Waals surface area contributed by atoms with Crippen LogP contribution in [0.4, 0.5) is 16.3 Å². The smallest absolute Gasteiger partial charge is 0.407 e. The maximum Gasteiger partial charge on any atom is 0.407 e. The predicted molar refractivity (Wildman–Crippen MR) is 106 cm³/mol. The van der Waals surface area contributed by atoms with Crippen LogP contribution in [-0.2, 0) is 0 Å². The summed E-state index contributed by atoms with van der Waals surface area (Å²) in [6.45, 7) is 1.27. The first kappa shape index (κ1) is 16.7. The standard InChI is InChI=1S/C20H21N5O3/c1-28-16-5-6-17-18(9-16)25(22-19(17)21)13-4-2-3-12(7-13)23-10-15-8-14(23)11-24(15)20(26)27/h2-7,9,14-15H,8,10-11H2,1H3,(H2,21,22)(H,26,27)/t14-,15-/m0/s1. The molecule has 3 aromatic rings. The molecule has 5 rings (SSSR count). The lowest BCUT2D eigenvalue weighted by Gasteiger charge is -2.34. The molecule has 0 spiro atoms. The highest BCUT2D eigenvalue weighted by Gasteiger charge is 2.45. The SMILES string of the molecule is COc1ccc2c(N)nn(-c3cccc(N4C[C@@H]5C[C@H]4CN5C(=O)O)c3)c2c1. The fraction of sp³-hybridized carbons (Fsp3) is 0.300. The molecule has 2 aromatic carbocycles. The van der Waals surface area contributed by atoms with Crippen LogP contribution in [0.2, 0.25) is 0 Å². The molecule has 0 unspecified atom stereocenters. The Hall–Kier alpha value is -3.42. The molecule has 2 bridgehead atoms. The van der Waals surface area contributed by atoms with Gasteiger partial charge in [-0.15, -0.1) is 5.10 Å². The summed E-state index contributed by atoms with van der Waals surface area (Å²) in [7, 11) is 1.63. The lowest BCUT2D eigenvalue weighted by molar-refractivity contribution is 0.137. The number of likely N-dealkylation sites (tertiary alicyclic amines) is 1. The number of methoxy groups -OCH3 is 1. The van der Waals surface area contributed by atoms with Crippen LogP contribution in [0.25, 0.3) is 16.6 Å². The van der Waals surface area contributed by atoms with Crippen molar-refractivity contribution in [1.29, 1.82) is 0 Å². The largest absolute Gasteiger partial charge is 0.497 e. The second kappa shape index (κ2) is 6.05. The summed E-state index contributed by atoms with van der Waals surface area (Å²) < 4.78 is 7.18. The van der Waals surface area contributed by atoms with Gasteiger partial charge in [0.1, 0.15) is 5.75 Å². The van der Waals surface area contributed by atoms with E-state index in [2.05, 4.69) is 22.1 Å². The molecular formula is C20H21N5O3. The summed E-state index contributed by atoms with van der Waals surface area (Å²) in [4.78, 5) is 15.2. The number of piperazine rings is 1. The number of rotatable bonds is 3. The summed E-state index contributed by atoms with van der Waals surface area (Å²) in [5, 5.41) is 14.7. The molecule has 0 radical (unpaired) electrons. The van der Waals surface area contributed by atoms with Gasteiger partial charge < -0.3 is 25.4 Å². The molecule has 28 heavy (non-hydrogen) atoms. The Labute approximate surface area is 161 Å². The van der Waals surface area contributed by atoms with Crippen LogP contribution in [-0.4, -0.2) is 58.2 Å². The Morgan fingerprint density at radius 2 is 2.00 bits per heavy atom. The van der Waals surface area contributed by atoms with Gasteiger partial charge in [0, 0.05) is 36.3 Å². The summed E-state index contributed by atoms with van der Waals surface area (Å²) >= 11 is 0. The van der Waals surface area contributed by atoms with Gasteiger partial charge >= 0.3 is 6.09 Å². The number of nitrogens with two attached hydrogens (primary N) is 1. The molecular weight excluding hydrogens is 358 g/mol. The molecule has 8 nitrogen and oxygen atoms in total. The molecule has 1 aromatic heterocycles. The van der Waals surface area contributed by atoms with E-state index in [-0.39, 0.29) is 12.1 Å². The maximum absolute atomic E-state index is 11.3. The molecule has 2 aliphatic heterocycles. The molecule has 8 heteroatoms. The Morgan fingerprint density at radius 1 is 1.18 bits per heavy atom. The number of benzene rings is 2. The van der Waals surface area contributed by atoms with Crippen molar-refractivity contribution in [2.45, 2.75) is 18.5 Å². The predicted octanol–water partition coefficient (Wildman–Crippen LogP) is 2.56. The summed E-state index contributed by atoms with van der Waals surface area (Å²) in [5.41, 5.74) is 8.98. The van der Waals surface area contributed by atoms with Crippen molar-refractivity contribution in [3.63, 3.8) is 0 Å². The lowest BCUT2D eigenvalue weighted by Crippen LogP contribution is -2.48. The maximum atomic E-state index is 11.3. The van der Waals surface area contributed by atoms with Crippen molar-refractivity contribution >= 4 is 28.5 Å². The monoisotopic (exact) mass is 379 g/mol. The quantitative estimate of drug-likeness (QED) is 0.726. The van der Waals surface area contributed by atoms with Crippen LogP contribution >= 0.6 is 0 Å². The Balaban J connectivity index is 1.51. The van der Waals surface area contributed by atoms with Crippen molar-refractivity contribution in [3.8, 4) is 11.4 Å². The number of aromatic nitrogens is 2. The van der Waals surface area contributed by atoms with Crippen LogP contribution in [0.5, 0.6) is 5.75 Å². The molecule has 3 heterocycles. The molecule has 2 saturated heterocycles. The number of fused-ring (bicyclic) bond motifs is 3. The highest BCUT2D eigenvalue weighted by molar-refractivity contribution is 5.91. The zero-order chi connectivity index (χ0) is 19.4. The Bertz CT molecular complexity index is 1080.